The van der Waals surface area contributed by atoms with Gasteiger partial charge >= 0.3 is 6.03 Å². The molecule has 3 aromatic rings. The third-order valence-corrected chi connectivity index (χ3v) is 4.57. The van der Waals surface area contributed by atoms with Gasteiger partial charge in [-0.1, -0.05) is 23.7 Å². The van der Waals surface area contributed by atoms with Crippen LogP contribution in [0.4, 0.5) is 9.80 Å². The Bertz CT molecular complexity index is 1020. The number of nitrogens with one attached hydrogen (secondary N) is 3. The maximum Gasteiger partial charge on any atom is 0.338 e. The predicted molar refractivity (Wildman–Crippen MR) is 105 cm³/mol. The van der Waals surface area contributed by atoms with Crippen molar-refractivity contribution in [2.45, 2.75) is 6.54 Å². The van der Waals surface area contributed by atoms with Crippen LogP contribution in [0, 0.1) is 0 Å². The number of hydrazine groups is 1. The lowest BCUT2D eigenvalue weighted by Gasteiger charge is -2.10. The highest BCUT2D eigenvalue weighted by Crippen LogP contribution is 2.14. The number of nitrogens with zero attached hydrogens (tertiary/aromatic N) is 1. The molecule has 0 fully saturated rings. The van der Waals surface area contributed by atoms with Gasteiger partial charge in [-0.2, -0.15) is 0 Å². The number of carbonyl (C=O) groups excluding carboxylic acids is 2. The molecule has 3 rings (SSSR count). The van der Waals surface area contributed by atoms with Gasteiger partial charge in [0.25, 0.3) is 11.5 Å². The average Bonchev–Trinajstić information content (AvgIpc) is 3.14. The lowest BCUT2D eigenvalue weighted by molar-refractivity contribution is 0.0936. The Labute approximate surface area is 163 Å². The maximum atomic E-state index is 12.5. The maximum absolute atomic E-state index is 12.5. The van der Waals surface area contributed by atoms with Crippen LogP contribution in [-0.2, 0) is 6.54 Å². The molecule has 9 heteroatoms. The Hall–Kier alpha value is -3.10. The molecule has 7 nitrogen and oxygen atoms in total. The van der Waals surface area contributed by atoms with Crippen LogP contribution in [0.2, 0.25) is 5.02 Å². The zero-order valence-corrected chi connectivity index (χ0v) is 15.5. The lowest BCUT2D eigenvalue weighted by Crippen LogP contribution is -2.45. The van der Waals surface area contributed by atoms with Crippen LogP contribution in [0.15, 0.2) is 64.9 Å². The van der Waals surface area contributed by atoms with E-state index in [9.17, 15) is 14.4 Å². The molecular formula is C18H15ClN4O3S. The second-order valence-corrected chi connectivity index (χ2v) is 6.88. The number of halogens is 1. The average molecular weight is 403 g/mol. The Morgan fingerprint density at radius 3 is 2.67 bits per heavy atom. The zero-order chi connectivity index (χ0) is 19.2. The number of pyridine rings is 1. The highest BCUT2D eigenvalue weighted by molar-refractivity contribution is 7.14. The summed E-state index contributed by atoms with van der Waals surface area (Å²) in [7, 11) is 0. The first-order valence-electron chi connectivity index (χ1n) is 7.87. The SMILES string of the molecule is O=C(NNC(=O)c1cccn(Cc2cccc(Cl)c2)c1=O)Nc1cccs1. The highest BCUT2D eigenvalue weighted by Gasteiger charge is 2.13. The molecule has 3 N–H and O–H groups in total. The van der Waals surface area contributed by atoms with Crippen LogP contribution in [-0.4, -0.2) is 16.5 Å². The molecule has 0 aliphatic rings. The molecule has 27 heavy (non-hydrogen) atoms. The Kier molecular flexibility index (Phi) is 5.90. The van der Waals surface area contributed by atoms with Gasteiger partial charge in [0.05, 0.1) is 11.5 Å². The van der Waals surface area contributed by atoms with Crippen LogP contribution < -0.4 is 21.7 Å². The van der Waals surface area contributed by atoms with E-state index in [1.807, 2.05) is 6.07 Å². The number of aromatic nitrogens is 1. The number of hydrogen-bond donors (Lipinski definition) is 3. The molecule has 1 aromatic carbocycles. The van der Waals surface area contributed by atoms with Gasteiger partial charge in [-0.05, 0) is 47.3 Å². The van der Waals surface area contributed by atoms with Crippen molar-refractivity contribution in [3.05, 3.63) is 86.6 Å². The van der Waals surface area contributed by atoms with E-state index in [4.69, 9.17) is 11.6 Å². The molecule has 2 heterocycles. The van der Waals surface area contributed by atoms with Gasteiger partial charge in [-0.25, -0.2) is 10.2 Å². The molecule has 0 atom stereocenters. The monoisotopic (exact) mass is 402 g/mol. The van der Waals surface area contributed by atoms with E-state index in [0.29, 0.717) is 10.0 Å². The number of benzene rings is 1. The number of thiophene rings is 1. The molecule has 0 spiro atoms. The number of amides is 3. The fourth-order valence-electron chi connectivity index (χ4n) is 2.34. The summed E-state index contributed by atoms with van der Waals surface area (Å²) in [5.41, 5.74) is 4.70. The largest absolute Gasteiger partial charge is 0.338 e. The third-order valence-electron chi connectivity index (χ3n) is 3.55. The summed E-state index contributed by atoms with van der Waals surface area (Å²) in [4.78, 5) is 36.5. The van der Waals surface area contributed by atoms with E-state index in [2.05, 4.69) is 16.2 Å². The fourth-order valence-corrected chi connectivity index (χ4v) is 3.17. The van der Waals surface area contributed by atoms with E-state index >= 15 is 0 Å². The quantitative estimate of drug-likeness (QED) is 0.585. The second kappa shape index (κ2) is 8.52. The second-order valence-electron chi connectivity index (χ2n) is 5.50. The van der Waals surface area contributed by atoms with Crippen molar-refractivity contribution < 1.29 is 9.59 Å². The molecule has 0 saturated carbocycles. The minimum atomic E-state index is -0.707. The van der Waals surface area contributed by atoms with Crippen LogP contribution >= 0.6 is 22.9 Å². The summed E-state index contributed by atoms with van der Waals surface area (Å²) >= 11 is 7.30. The minimum Gasteiger partial charge on any atom is -0.310 e. The van der Waals surface area contributed by atoms with Crippen molar-refractivity contribution >= 4 is 39.9 Å². The third kappa shape index (κ3) is 4.96. The standard InChI is InChI=1S/C18H15ClN4O3S/c19-13-5-1-4-12(10-13)11-23-8-2-6-14(17(23)25)16(24)21-22-18(26)20-15-7-3-9-27-15/h1-10H,11H2,(H,21,24)(H2,20,22,26). The smallest absolute Gasteiger partial charge is 0.310 e. The predicted octanol–water partition coefficient (Wildman–Crippen LogP) is 3.08. The molecule has 138 valence electrons. The van der Waals surface area contributed by atoms with E-state index < -0.39 is 17.5 Å². The molecule has 0 aliphatic heterocycles. The van der Waals surface area contributed by atoms with Crippen molar-refractivity contribution in [3.63, 3.8) is 0 Å². The number of rotatable bonds is 4. The summed E-state index contributed by atoms with van der Waals surface area (Å²) in [6, 6.07) is 13.0. The van der Waals surface area contributed by atoms with E-state index in [0.717, 1.165) is 5.56 Å². The minimum absolute atomic E-state index is 0.0871. The summed E-state index contributed by atoms with van der Waals surface area (Å²) in [5, 5.41) is 5.55. The molecule has 0 bridgehead atoms. The van der Waals surface area contributed by atoms with Crippen molar-refractivity contribution in [2.24, 2.45) is 0 Å². The molecule has 3 amide bonds. The molecular weight excluding hydrogens is 388 g/mol. The summed E-state index contributed by atoms with van der Waals surface area (Å²) < 4.78 is 1.40. The van der Waals surface area contributed by atoms with E-state index in [1.165, 1.54) is 22.0 Å². The summed E-state index contributed by atoms with van der Waals surface area (Å²) in [6.07, 6.45) is 1.58. The topological polar surface area (TPSA) is 92.2 Å². The van der Waals surface area contributed by atoms with Gasteiger partial charge in [0.2, 0.25) is 0 Å². The van der Waals surface area contributed by atoms with E-state index in [1.54, 1.807) is 48.0 Å². The van der Waals surface area contributed by atoms with Gasteiger partial charge in [0, 0.05) is 11.2 Å². The highest BCUT2D eigenvalue weighted by atomic mass is 35.5. The van der Waals surface area contributed by atoms with Gasteiger partial charge in [-0.3, -0.25) is 20.3 Å². The Balaban J connectivity index is 1.66. The van der Waals surface area contributed by atoms with Crippen molar-refractivity contribution in [1.82, 2.24) is 15.4 Å². The van der Waals surface area contributed by atoms with Gasteiger partial charge in [0.15, 0.2) is 0 Å². The van der Waals surface area contributed by atoms with Gasteiger partial charge < -0.3 is 4.57 Å². The zero-order valence-electron chi connectivity index (χ0n) is 13.9. The van der Waals surface area contributed by atoms with E-state index in [-0.39, 0.29) is 12.1 Å². The summed E-state index contributed by atoms with van der Waals surface area (Å²) in [6.45, 7) is 0.271. The fraction of sp³-hybridized carbons (Fsp3) is 0.0556. The lowest BCUT2D eigenvalue weighted by atomic mass is 10.2. The van der Waals surface area contributed by atoms with Crippen molar-refractivity contribution in [3.8, 4) is 0 Å². The van der Waals surface area contributed by atoms with Gasteiger partial charge in [-0.15, -0.1) is 11.3 Å². The van der Waals surface area contributed by atoms with Crippen LogP contribution in [0.1, 0.15) is 15.9 Å². The Morgan fingerprint density at radius 1 is 1.07 bits per heavy atom. The number of carbonyl (C=O) groups is 2. The molecule has 2 aromatic heterocycles. The normalized spacial score (nSPS) is 10.3. The van der Waals surface area contributed by atoms with Crippen LogP contribution in [0.25, 0.3) is 0 Å². The number of hydrogen-bond acceptors (Lipinski definition) is 4. The molecule has 0 radical (unpaired) electrons. The van der Waals surface area contributed by atoms with Gasteiger partial charge in [0.1, 0.15) is 5.56 Å². The first-order chi connectivity index (χ1) is 13.0. The number of urea groups is 1. The first kappa shape index (κ1) is 18.7. The first-order valence-corrected chi connectivity index (χ1v) is 9.13. The molecule has 0 aliphatic carbocycles. The van der Waals surface area contributed by atoms with Crippen LogP contribution in [0.5, 0.6) is 0 Å². The van der Waals surface area contributed by atoms with Crippen molar-refractivity contribution in [1.29, 1.82) is 0 Å². The molecule has 0 saturated heterocycles. The molecule has 0 unspecified atom stereocenters. The number of anilines is 1. The Morgan fingerprint density at radius 2 is 1.93 bits per heavy atom. The summed E-state index contributed by atoms with van der Waals surface area (Å²) in [5.74, 6) is -0.707. The van der Waals surface area contributed by atoms with Crippen molar-refractivity contribution in [2.75, 3.05) is 5.32 Å². The van der Waals surface area contributed by atoms with Crippen LogP contribution in [0.3, 0.4) is 0 Å².